The Kier molecular flexibility index (Phi) is 7.43. The molecule has 4 rings (SSSR count). The second kappa shape index (κ2) is 10.7. The van der Waals surface area contributed by atoms with E-state index in [9.17, 15) is 9.59 Å². The van der Waals surface area contributed by atoms with Gasteiger partial charge in [0.25, 0.3) is 5.91 Å². The minimum atomic E-state index is -0.519. The molecule has 1 amide bonds. The summed E-state index contributed by atoms with van der Waals surface area (Å²) in [5, 5.41) is 0.715. The maximum Gasteiger partial charge on any atom is 0.339 e. The number of hydrogen-bond donors (Lipinski definition) is 0. The maximum atomic E-state index is 13.3. The number of methoxy groups -OCH3 is 3. The Labute approximate surface area is 210 Å². The van der Waals surface area contributed by atoms with Crippen molar-refractivity contribution in [3.8, 4) is 17.2 Å². The van der Waals surface area contributed by atoms with Gasteiger partial charge in [-0.2, -0.15) is 0 Å². The molecule has 0 bridgehead atoms. The fourth-order valence-corrected chi connectivity index (χ4v) is 4.42. The zero-order chi connectivity index (χ0) is 25.8. The fraction of sp³-hybridized carbons (Fsp3) is 0.321. The summed E-state index contributed by atoms with van der Waals surface area (Å²) in [6.45, 7) is -0.314. The summed E-state index contributed by atoms with van der Waals surface area (Å²) in [7, 11) is 7.98. The highest BCUT2D eigenvalue weighted by molar-refractivity contribution is 6.07. The Hall–Kier alpha value is -4.07. The number of carbonyl (C=O) groups excluding carboxylic acids is 2. The number of hydrogen-bond acceptors (Lipinski definition) is 7. The van der Waals surface area contributed by atoms with Gasteiger partial charge < -0.3 is 23.8 Å². The summed E-state index contributed by atoms with van der Waals surface area (Å²) in [6, 6.07) is 11.3. The van der Waals surface area contributed by atoms with Gasteiger partial charge in [0, 0.05) is 19.5 Å². The fourth-order valence-electron chi connectivity index (χ4n) is 4.42. The van der Waals surface area contributed by atoms with Crippen LogP contribution in [-0.4, -0.2) is 63.8 Å². The molecule has 0 aliphatic heterocycles. The van der Waals surface area contributed by atoms with Crippen molar-refractivity contribution in [2.75, 3.05) is 42.0 Å². The molecule has 188 valence electrons. The number of para-hydroxylation sites is 1. The summed E-state index contributed by atoms with van der Waals surface area (Å²) in [5.74, 6) is 0.835. The lowest BCUT2D eigenvalue weighted by Gasteiger charge is -2.23. The van der Waals surface area contributed by atoms with Gasteiger partial charge in [-0.15, -0.1) is 0 Å². The zero-order valence-corrected chi connectivity index (χ0v) is 21.2. The lowest BCUT2D eigenvalue weighted by atomic mass is 9.86. The van der Waals surface area contributed by atoms with Crippen LogP contribution in [-0.2, 0) is 16.0 Å². The van der Waals surface area contributed by atoms with Crippen LogP contribution in [0.15, 0.2) is 36.4 Å². The molecule has 0 saturated carbocycles. The SMILES string of the molecule is COc1cc(/C=C2\CCCc3c2nc2ccccc2c3C(=O)OCC(=O)N(C)C)cc(OC)c1OC. The van der Waals surface area contributed by atoms with Crippen LogP contribution in [0, 0.1) is 0 Å². The molecule has 2 aromatic carbocycles. The summed E-state index contributed by atoms with van der Waals surface area (Å²) in [6.07, 6.45) is 4.36. The number of likely N-dealkylation sites (N-methyl/N-ethyl adjacent to an activating group) is 1. The van der Waals surface area contributed by atoms with E-state index in [1.807, 2.05) is 42.5 Å². The number of nitrogens with zero attached hydrogens (tertiary/aromatic N) is 2. The number of aromatic nitrogens is 1. The zero-order valence-electron chi connectivity index (χ0n) is 21.2. The van der Waals surface area contributed by atoms with Crippen LogP contribution in [0.4, 0.5) is 0 Å². The lowest BCUT2D eigenvalue weighted by Crippen LogP contribution is -2.28. The number of pyridine rings is 1. The minimum absolute atomic E-state index is 0.279. The normalized spacial score (nSPS) is 13.8. The van der Waals surface area contributed by atoms with Crippen LogP contribution in [0.25, 0.3) is 22.6 Å². The molecule has 0 unspecified atom stereocenters. The summed E-state index contributed by atoms with van der Waals surface area (Å²) < 4.78 is 21.9. The van der Waals surface area contributed by atoms with E-state index >= 15 is 0 Å². The van der Waals surface area contributed by atoms with Crippen molar-refractivity contribution >= 4 is 34.4 Å². The molecule has 0 spiro atoms. The minimum Gasteiger partial charge on any atom is -0.493 e. The third-order valence-corrected chi connectivity index (χ3v) is 6.23. The van der Waals surface area contributed by atoms with E-state index in [0.29, 0.717) is 40.1 Å². The standard InChI is InChI=1S/C28H30N2O6/c1-30(2)24(31)16-36-28(32)25-19-10-6-7-12-21(19)29-26-18(9-8-11-20(25)26)13-17-14-22(33-3)27(35-5)23(15-17)34-4/h6-7,10,12-15H,8-9,11,16H2,1-5H3/b18-13+. The molecular weight excluding hydrogens is 460 g/mol. The Morgan fingerprint density at radius 3 is 2.33 bits per heavy atom. The van der Waals surface area contributed by atoms with Gasteiger partial charge in [0.05, 0.1) is 38.1 Å². The average molecular weight is 491 g/mol. The van der Waals surface area contributed by atoms with E-state index in [0.717, 1.165) is 35.2 Å². The van der Waals surface area contributed by atoms with Crippen molar-refractivity contribution in [1.82, 2.24) is 9.88 Å². The first-order valence-electron chi connectivity index (χ1n) is 11.7. The van der Waals surface area contributed by atoms with Gasteiger partial charge in [-0.25, -0.2) is 9.78 Å². The predicted octanol–water partition coefficient (Wildman–Crippen LogP) is 4.38. The summed E-state index contributed by atoms with van der Waals surface area (Å²) in [4.78, 5) is 31.6. The number of amides is 1. The molecule has 3 aromatic rings. The number of esters is 1. The second-order valence-electron chi connectivity index (χ2n) is 8.68. The smallest absolute Gasteiger partial charge is 0.339 e. The number of allylic oxidation sites excluding steroid dienone is 1. The van der Waals surface area contributed by atoms with Crippen molar-refractivity contribution in [3.05, 3.63) is 58.8 Å². The summed E-state index contributed by atoms with van der Waals surface area (Å²) >= 11 is 0. The van der Waals surface area contributed by atoms with Crippen molar-refractivity contribution in [1.29, 1.82) is 0 Å². The van der Waals surface area contributed by atoms with Gasteiger partial charge in [-0.1, -0.05) is 18.2 Å². The van der Waals surface area contributed by atoms with Crippen molar-refractivity contribution in [2.24, 2.45) is 0 Å². The highest BCUT2D eigenvalue weighted by atomic mass is 16.5. The molecule has 8 nitrogen and oxygen atoms in total. The molecule has 0 radical (unpaired) electrons. The Morgan fingerprint density at radius 2 is 1.69 bits per heavy atom. The van der Waals surface area contributed by atoms with Crippen LogP contribution in [0.2, 0.25) is 0 Å². The van der Waals surface area contributed by atoms with E-state index < -0.39 is 5.97 Å². The molecule has 0 saturated heterocycles. The van der Waals surface area contributed by atoms with Crippen LogP contribution in [0.5, 0.6) is 17.2 Å². The number of rotatable bonds is 7. The number of ether oxygens (including phenoxy) is 4. The van der Waals surface area contributed by atoms with E-state index in [2.05, 4.69) is 0 Å². The second-order valence-corrected chi connectivity index (χ2v) is 8.68. The highest BCUT2D eigenvalue weighted by Crippen LogP contribution is 2.41. The highest BCUT2D eigenvalue weighted by Gasteiger charge is 2.26. The van der Waals surface area contributed by atoms with E-state index in [-0.39, 0.29) is 12.5 Å². The molecule has 1 heterocycles. The first-order chi connectivity index (χ1) is 17.4. The van der Waals surface area contributed by atoms with Gasteiger partial charge in [-0.05, 0) is 60.2 Å². The Balaban J connectivity index is 1.83. The number of fused-ring (bicyclic) bond motifs is 2. The first kappa shape index (κ1) is 25.0. The van der Waals surface area contributed by atoms with Crippen LogP contribution in [0.1, 0.15) is 40.0 Å². The molecule has 36 heavy (non-hydrogen) atoms. The third kappa shape index (κ3) is 4.84. The van der Waals surface area contributed by atoms with Crippen molar-refractivity contribution in [3.63, 3.8) is 0 Å². The molecule has 8 heteroatoms. The molecule has 0 fully saturated rings. The molecule has 1 aliphatic carbocycles. The van der Waals surface area contributed by atoms with Crippen molar-refractivity contribution in [2.45, 2.75) is 19.3 Å². The number of benzene rings is 2. The quantitative estimate of drug-likeness (QED) is 0.454. The Morgan fingerprint density at radius 1 is 1.00 bits per heavy atom. The maximum absolute atomic E-state index is 13.3. The largest absolute Gasteiger partial charge is 0.493 e. The van der Waals surface area contributed by atoms with E-state index in [4.69, 9.17) is 23.9 Å². The molecular formula is C28H30N2O6. The molecule has 0 atom stereocenters. The van der Waals surface area contributed by atoms with Gasteiger partial charge in [-0.3, -0.25) is 4.79 Å². The van der Waals surface area contributed by atoms with Crippen LogP contribution >= 0.6 is 0 Å². The lowest BCUT2D eigenvalue weighted by molar-refractivity contribution is -0.131. The molecule has 0 N–H and O–H groups in total. The molecule has 1 aromatic heterocycles. The van der Waals surface area contributed by atoms with Gasteiger partial charge in [0.15, 0.2) is 18.1 Å². The van der Waals surface area contributed by atoms with Crippen LogP contribution in [0.3, 0.4) is 0 Å². The third-order valence-electron chi connectivity index (χ3n) is 6.23. The van der Waals surface area contributed by atoms with Gasteiger partial charge in [0.2, 0.25) is 5.75 Å². The summed E-state index contributed by atoms with van der Waals surface area (Å²) in [5.41, 5.74) is 4.62. The molecule has 1 aliphatic rings. The van der Waals surface area contributed by atoms with Gasteiger partial charge >= 0.3 is 5.97 Å². The van der Waals surface area contributed by atoms with E-state index in [1.54, 1.807) is 35.4 Å². The van der Waals surface area contributed by atoms with Crippen LogP contribution < -0.4 is 14.2 Å². The predicted molar refractivity (Wildman–Crippen MR) is 138 cm³/mol. The monoisotopic (exact) mass is 490 g/mol. The van der Waals surface area contributed by atoms with E-state index in [1.165, 1.54) is 4.90 Å². The average Bonchev–Trinajstić information content (AvgIpc) is 2.89. The topological polar surface area (TPSA) is 87.2 Å². The van der Waals surface area contributed by atoms with Crippen molar-refractivity contribution < 1.29 is 28.5 Å². The first-order valence-corrected chi connectivity index (χ1v) is 11.7. The Bertz CT molecular complexity index is 1320. The number of carbonyl (C=O) groups is 2. The van der Waals surface area contributed by atoms with Gasteiger partial charge in [0.1, 0.15) is 0 Å².